The van der Waals surface area contributed by atoms with Gasteiger partial charge in [-0.1, -0.05) is 26.3 Å². The molecule has 1 aromatic carbocycles. The predicted molar refractivity (Wildman–Crippen MR) is 167 cm³/mol. The molecule has 0 spiro atoms. The fourth-order valence-corrected chi connectivity index (χ4v) is 5.36. The zero-order valence-electron chi connectivity index (χ0n) is 26.4. The molecule has 244 valence electrons. The fraction of sp³-hybridized carbons (Fsp3) is 0.562. The smallest absolute Gasteiger partial charge is 0.409 e. The minimum Gasteiger partial charge on any atom is -0.483 e. The van der Waals surface area contributed by atoms with Crippen LogP contribution in [-0.2, 0) is 19.1 Å². The minimum atomic E-state index is -0.562. The van der Waals surface area contributed by atoms with Crippen LogP contribution in [0.1, 0.15) is 62.0 Å². The van der Waals surface area contributed by atoms with Crippen LogP contribution < -0.4 is 15.4 Å². The van der Waals surface area contributed by atoms with Crippen LogP contribution in [0.4, 0.5) is 4.79 Å². The molecular formula is C32H44N6O7. The van der Waals surface area contributed by atoms with E-state index in [0.717, 1.165) is 31.2 Å². The number of rotatable bonds is 12. The van der Waals surface area contributed by atoms with Crippen molar-refractivity contribution in [2.75, 3.05) is 59.0 Å². The van der Waals surface area contributed by atoms with Gasteiger partial charge in [-0.3, -0.25) is 19.2 Å². The topological polar surface area (TPSA) is 150 Å². The zero-order valence-corrected chi connectivity index (χ0v) is 26.4. The van der Waals surface area contributed by atoms with Gasteiger partial charge in [-0.25, -0.2) is 9.78 Å². The molecule has 0 bridgehead atoms. The Labute approximate surface area is 263 Å². The average molecular weight is 625 g/mol. The van der Waals surface area contributed by atoms with Gasteiger partial charge in [0.15, 0.2) is 6.61 Å². The summed E-state index contributed by atoms with van der Waals surface area (Å²) >= 11 is 0. The quantitative estimate of drug-likeness (QED) is 0.342. The number of nitrogens with one attached hydrogen (secondary N) is 2. The Morgan fingerprint density at radius 2 is 1.69 bits per heavy atom. The number of carbonyl (C=O) groups is 5. The van der Waals surface area contributed by atoms with Gasteiger partial charge in [0.05, 0.1) is 18.7 Å². The van der Waals surface area contributed by atoms with E-state index in [2.05, 4.69) is 15.6 Å². The highest BCUT2D eigenvalue weighted by Crippen LogP contribution is 2.27. The molecule has 0 radical (unpaired) electrons. The Morgan fingerprint density at radius 3 is 2.42 bits per heavy atom. The molecule has 1 aromatic heterocycles. The van der Waals surface area contributed by atoms with Crippen molar-refractivity contribution in [3.8, 4) is 5.75 Å². The van der Waals surface area contributed by atoms with E-state index in [9.17, 15) is 24.0 Å². The summed E-state index contributed by atoms with van der Waals surface area (Å²) in [6, 6.07) is 6.46. The summed E-state index contributed by atoms with van der Waals surface area (Å²) < 4.78 is 11.2. The van der Waals surface area contributed by atoms with Crippen LogP contribution in [0.3, 0.4) is 0 Å². The second-order valence-corrected chi connectivity index (χ2v) is 11.4. The lowest BCUT2D eigenvalue weighted by Gasteiger charge is -2.34. The minimum absolute atomic E-state index is 0.0426. The molecule has 0 aliphatic carbocycles. The number of amides is 5. The Morgan fingerprint density at radius 1 is 0.933 bits per heavy atom. The molecular weight excluding hydrogens is 580 g/mol. The molecule has 13 heteroatoms. The Balaban J connectivity index is 1.36. The highest BCUT2D eigenvalue weighted by atomic mass is 16.6. The van der Waals surface area contributed by atoms with Gasteiger partial charge in [-0.2, -0.15) is 0 Å². The molecule has 5 amide bonds. The summed E-state index contributed by atoms with van der Waals surface area (Å²) in [4.78, 5) is 73.1. The lowest BCUT2D eigenvalue weighted by molar-refractivity contribution is -0.139. The first-order chi connectivity index (χ1) is 21.7. The van der Waals surface area contributed by atoms with Crippen molar-refractivity contribution in [2.24, 2.45) is 0 Å². The largest absolute Gasteiger partial charge is 0.483 e. The lowest BCUT2D eigenvalue weighted by Crippen LogP contribution is -2.52. The summed E-state index contributed by atoms with van der Waals surface area (Å²) in [6.07, 6.45) is 3.51. The number of fused-ring (bicyclic) bond motifs is 1. The number of piperazine rings is 1. The van der Waals surface area contributed by atoms with Gasteiger partial charge in [0, 0.05) is 50.7 Å². The summed E-state index contributed by atoms with van der Waals surface area (Å²) in [7, 11) is 0. The van der Waals surface area contributed by atoms with Gasteiger partial charge in [0.1, 0.15) is 17.5 Å². The number of ether oxygens (including phenoxy) is 2. The van der Waals surface area contributed by atoms with E-state index in [1.807, 2.05) is 39.0 Å². The van der Waals surface area contributed by atoms with Crippen molar-refractivity contribution >= 4 is 40.6 Å². The number of hydrogen-bond donors (Lipinski definition) is 2. The van der Waals surface area contributed by atoms with Gasteiger partial charge in [-0.15, -0.1) is 0 Å². The van der Waals surface area contributed by atoms with E-state index in [-0.39, 0.29) is 42.7 Å². The third-order valence-corrected chi connectivity index (χ3v) is 7.95. The number of carbonyl (C=O) groups excluding carboxylic acids is 5. The van der Waals surface area contributed by atoms with E-state index in [4.69, 9.17) is 9.47 Å². The van der Waals surface area contributed by atoms with Crippen LogP contribution in [-0.4, -0.2) is 114 Å². The van der Waals surface area contributed by atoms with Crippen molar-refractivity contribution in [2.45, 2.75) is 58.9 Å². The molecule has 2 aromatic rings. The molecule has 3 heterocycles. The van der Waals surface area contributed by atoms with E-state index in [0.29, 0.717) is 68.9 Å². The maximum atomic E-state index is 13.1. The molecule has 1 unspecified atom stereocenters. The van der Waals surface area contributed by atoms with Gasteiger partial charge < -0.3 is 34.8 Å². The average Bonchev–Trinajstić information content (AvgIpc) is 3.55. The van der Waals surface area contributed by atoms with Crippen LogP contribution >= 0.6 is 0 Å². The van der Waals surface area contributed by atoms with Crippen LogP contribution in [0.5, 0.6) is 5.75 Å². The maximum absolute atomic E-state index is 13.1. The monoisotopic (exact) mass is 624 g/mol. The molecule has 1 atom stereocenters. The van der Waals surface area contributed by atoms with E-state index < -0.39 is 11.9 Å². The van der Waals surface area contributed by atoms with Crippen LogP contribution in [0, 0.1) is 6.92 Å². The molecule has 2 aliphatic rings. The van der Waals surface area contributed by atoms with E-state index in [1.165, 1.54) is 6.07 Å². The first-order valence-electron chi connectivity index (χ1n) is 15.8. The highest BCUT2D eigenvalue weighted by Gasteiger charge is 2.34. The number of pyridine rings is 1. The second kappa shape index (κ2) is 16.1. The third kappa shape index (κ3) is 8.83. The molecule has 2 N–H and O–H groups in total. The number of benzene rings is 1. The Bertz CT molecular complexity index is 1390. The van der Waals surface area contributed by atoms with Crippen molar-refractivity contribution in [3.05, 3.63) is 35.5 Å². The Kier molecular flexibility index (Phi) is 11.9. The first-order valence-corrected chi connectivity index (χ1v) is 15.8. The fourth-order valence-electron chi connectivity index (χ4n) is 5.36. The van der Waals surface area contributed by atoms with Crippen LogP contribution in [0.15, 0.2) is 24.3 Å². The lowest BCUT2D eigenvalue weighted by atomic mass is 10.1. The first kappa shape index (κ1) is 33.5. The second-order valence-electron chi connectivity index (χ2n) is 11.4. The molecule has 2 saturated heterocycles. The SMILES string of the molecule is CCCCOC(=O)N1CCN(C(=O)CNC(=O)c2cc(OCC(=O)N3CCCC3C(=O)NCCC)c3ccc(C)cc3n2)CC1. The number of aryl methyl sites for hydroxylation is 1. The number of nitrogens with zero attached hydrogens (tertiary/aromatic N) is 4. The predicted octanol–water partition coefficient (Wildman–Crippen LogP) is 2.25. The molecule has 4 rings (SSSR count). The molecule has 0 saturated carbocycles. The summed E-state index contributed by atoms with van der Waals surface area (Å²) in [5, 5.41) is 6.14. The number of likely N-dealkylation sites (tertiary alicyclic amines) is 1. The van der Waals surface area contributed by atoms with Gasteiger partial charge >= 0.3 is 6.09 Å². The zero-order chi connectivity index (χ0) is 32.3. The molecule has 2 fully saturated rings. The summed E-state index contributed by atoms with van der Waals surface area (Å²) in [5.74, 6) is -1.00. The van der Waals surface area contributed by atoms with Gasteiger partial charge in [0.2, 0.25) is 11.8 Å². The summed E-state index contributed by atoms with van der Waals surface area (Å²) in [5.41, 5.74) is 1.48. The van der Waals surface area contributed by atoms with Crippen molar-refractivity contribution in [1.82, 2.24) is 30.3 Å². The highest BCUT2D eigenvalue weighted by molar-refractivity contribution is 5.99. The van der Waals surface area contributed by atoms with Crippen molar-refractivity contribution in [3.63, 3.8) is 0 Å². The standard InChI is InChI=1S/C32H44N6O7/c1-4-6-17-44-32(43)37-15-13-36(14-16-37)28(39)20-34-30(41)25-19-27(23-10-9-22(3)18-24(23)35-25)45-21-29(40)38-12-7-8-26(38)31(42)33-11-5-2/h9-10,18-19,26H,4-8,11-17,20-21H2,1-3H3,(H,33,42)(H,34,41). The van der Waals surface area contributed by atoms with Crippen LogP contribution in [0.2, 0.25) is 0 Å². The Hall–Kier alpha value is -4.42. The molecule has 2 aliphatic heterocycles. The molecule has 45 heavy (non-hydrogen) atoms. The maximum Gasteiger partial charge on any atom is 0.409 e. The number of unbranched alkanes of at least 4 members (excludes halogenated alkanes) is 1. The van der Waals surface area contributed by atoms with Crippen molar-refractivity contribution in [1.29, 1.82) is 0 Å². The normalized spacial score (nSPS) is 16.4. The van der Waals surface area contributed by atoms with E-state index in [1.54, 1.807) is 14.7 Å². The van der Waals surface area contributed by atoms with Gasteiger partial charge in [0.25, 0.3) is 11.8 Å². The third-order valence-electron chi connectivity index (χ3n) is 7.95. The number of hydrogen-bond acceptors (Lipinski definition) is 8. The van der Waals surface area contributed by atoms with Gasteiger partial charge in [-0.05, 0) is 50.3 Å². The van der Waals surface area contributed by atoms with Crippen LogP contribution in [0.25, 0.3) is 10.9 Å². The summed E-state index contributed by atoms with van der Waals surface area (Å²) in [6.45, 7) is 8.16. The molecule has 13 nitrogen and oxygen atoms in total. The van der Waals surface area contributed by atoms with Crippen molar-refractivity contribution < 1.29 is 33.4 Å². The number of aromatic nitrogens is 1. The van der Waals surface area contributed by atoms with E-state index >= 15 is 0 Å².